The minimum absolute atomic E-state index is 0.0633. The van der Waals surface area contributed by atoms with E-state index in [0.717, 1.165) is 53.2 Å². The molecule has 1 aliphatic heterocycles. The van der Waals surface area contributed by atoms with Gasteiger partial charge in [0, 0.05) is 36.6 Å². The van der Waals surface area contributed by atoms with E-state index in [-0.39, 0.29) is 5.56 Å². The molecule has 3 aromatic rings. The molecule has 1 aliphatic rings. The summed E-state index contributed by atoms with van der Waals surface area (Å²) in [5.74, 6) is -0.490. The lowest BCUT2D eigenvalue weighted by molar-refractivity contribution is 0.442. The molecule has 0 amide bonds. The normalized spacial score (nSPS) is 14.8. The number of piperidine rings is 1. The molecular formula is C22H21FN4S. The largest absolute Gasteiger partial charge is 0.371 e. The Bertz CT molecular complexity index is 1000. The van der Waals surface area contributed by atoms with E-state index in [1.54, 1.807) is 12.3 Å². The van der Waals surface area contributed by atoms with Crippen molar-refractivity contribution in [2.75, 3.05) is 25.0 Å². The lowest BCUT2D eigenvalue weighted by Crippen LogP contribution is -2.41. The maximum absolute atomic E-state index is 14.3. The lowest BCUT2D eigenvalue weighted by Gasteiger charge is -2.35. The number of hydrogen-bond donors (Lipinski definition) is 1. The van der Waals surface area contributed by atoms with Gasteiger partial charge in [-0.25, -0.2) is 8.76 Å². The fourth-order valence-corrected chi connectivity index (χ4v) is 4.49. The van der Waals surface area contributed by atoms with Crippen molar-refractivity contribution in [2.24, 2.45) is 0 Å². The Hall–Kier alpha value is -2.75. The van der Waals surface area contributed by atoms with Gasteiger partial charge in [-0.1, -0.05) is 18.2 Å². The summed E-state index contributed by atoms with van der Waals surface area (Å²) in [5.41, 5.74) is 4.03. The molecule has 0 saturated carbocycles. The zero-order chi connectivity index (χ0) is 19.5. The lowest BCUT2D eigenvalue weighted by atomic mass is 9.94. The van der Waals surface area contributed by atoms with Crippen molar-refractivity contribution in [3.8, 4) is 27.6 Å². The Morgan fingerprint density at radius 3 is 2.68 bits per heavy atom. The zero-order valence-electron chi connectivity index (χ0n) is 15.7. The van der Waals surface area contributed by atoms with E-state index in [2.05, 4.69) is 20.7 Å². The third kappa shape index (κ3) is 3.51. The van der Waals surface area contributed by atoms with Crippen LogP contribution in [0.5, 0.6) is 0 Å². The number of nitrogens with zero attached hydrogens (tertiary/aromatic N) is 3. The van der Waals surface area contributed by atoms with Crippen LogP contribution in [0.25, 0.3) is 21.6 Å². The van der Waals surface area contributed by atoms with Crippen molar-refractivity contribution in [1.29, 1.82) is 5.26 Å². The smallest absolute Gasteiger partial charge is 0.141 e. The highest BCUT2D eigenvalue weighted by Gasteiger charge is 2.23. The molecule has 1 N–H and O–H groups in total. The number of rotatable bonds is 4. The van der Waals surface area contributed by atoms with Crippen molar-refractivity contribution >= 4 is 17.2 Å². The van der Waals surface area contributed by atoms with Crippen LogP contribution in [0.1, 0.15) is 18.4 Å². The van der Waals surface area contributed by atoms with E-state index in [0.29, 0.717) is 6.04 Å². The predicted octanol–water partition coefficient (Wildman–Crippen LogP) is 4.68. The number of halogens is 1. The van der Waals surface area contributed by atoms with Crippen molar-refractivity contribution in [2.45, 2.75) is 18.9 Å². The summed E-state index contributed by atoms with van der Waals surface area (Å²) in [6.07, 6.45) is 3.98. The molecule has 4 rings (SSSR count). The van der Waals surface area contributed by atoms with E-state index >= 15 is 0 Å². The molecule has 1 fully saturated rings. The molecule has 0 spiro atoms. The van der Waals surface area contributed by atoms with Crippen LogP contribution >= 0.6 is 11.5 Å². The summed E-state index contributed by atoms with van der Waals surface area (Å²) in [7, 11) is 2.02. The van der Waals surface area contributed by atoms with Gasteiger partial charge in [0.15, 0.2) is 0 Å². The van der Waals surface area contributed by atoms with E-state index < -0.39 is 5.82 Å². The van der Waals surface area contributed by atoms with Gasteiger partial charge in [-0.15, -0.1) is 0 Å². The highest BCUT2D eigenvalue weighted by atomic mass is 32.1. The van der Waals surface area contributed by atoms with Gasteiger partial charge in [-0.3, -0.25) is 0 Å². The maximum Gasteiger partial charge on any atom is 0.141 e. The van der Waals surface area contributed by atoms with Crippen LogP contribution < -0.4 is 10.2 Å². The number of aromatic nitrogens is 1. The van der Waals surface area contributed by atoms with E-state index in [1.165, 1.54) is 17.6 Å². The number of nitrogens with one attached hydrogen (secondary N) is 1. The van der Waals surface area contributed by atoms with Crippen molar-refractivity contribution < 1.29 is 4.39 Å². The molecule has 142 valence electrons. The number of benzene rings is 2. The quantitative estimate of drug-likeness (QED) is 0.701. The SMILES string of the molecule is CNC1CCN(c2cccc(-c3ccc(C#N)c(F)c3)c2-c2ccns2)CC1. The monoisotopic (exact) mass is 392 g/mol. The molecule has 2 heterocycles. The molecule has 2 aromatic carbocycles. The number of nitriles is 1. The first-order valence-corrected chi connectivity index (χ1v) is 10.1. The van der Waals surface area contributed by atoms with Gasteiger partial charge >= 0.3 is 0 Å². The summed E-state index contributed by atoms with van der Waals surface area (Å²) < 4.78 is 18.6. The van der Waals surface area contributed by atoms with E-state index in [4.69, 9.17) is 5.26 Å². The number of hydrogen-bond acceptors (Lipinski definition) is 5. The molecule has 1 aromatic heterocycles. The zero-order valence-corrected chi connectivity index (χ0v) is 16.5. The van der Waals surface area contributed by atoms with E-state index in [1.807, 2.05) is 37.4 Å². The molecule has 6 heteroatoms. The fourth-order valence-electron chi connectivity index (χ4n) is 3.83. The first-order chi connectivity index (χ1) is 13.7. The summed E-state index contributed by atoms with van der Waals surface area (Å²) in [6, 6.07) is 15.4. The van der Waals surface area contributed by atoms with Crippen LogP contribution in [-0.4, -0.2) is 30.6 Å². The van der Waals surface area contributed by atoms with Gasteiger partial charge in [-0.05, 0) is 66.8 Å². The van der Waals surface area contributed by atoms with Crippen molar-refractivity contribution in [3.05, 3.63) is 60.0 Å². The van der Waals surface area contributed by atoms with Crippen LogP contribution in [0, 0.1) is 17.1 Å². The first kappa shape index (κ1) is 18.6. The van der Waals surface area contributed by atoms with Gasteiger partial charge in [0.25, 0.3) is 0 Å². The van der Waals surface area contributed by atoms with Gasteiger partial charge in [-0.2, -0.15) is 5.26 Å². The Kier molecular flexibility index (Phi) is 5.38. The van der Waals surface area contributed by atoms with Gasteiger partial charge < -0.3 is 10.2 Å². The van der Waals surface area contributed by atoms with Crippen molar-refractivity contribution in [3.63, 3.8) is 0 Å². The second-order valence-electron chi connectivity index (χ2n) is 6.93. The second kappa shape index (κ2) is 8.09. The Balaban J connectivity index is 1.82. The topological polar surface area (TPSA) is 52.0 Å². The Morgan fingerprint density at radius 1 is 1.21 bits per heavy atom. The third-order valence-electron chi connectivity index (χ3n) is 5.37. The molecule has 0 unspecified atom stereocenters. The molecule has 0 bridgehead atoms. The van der Waals surface area contributed by atoms with Crippen LogP contribution in [0.3, 0.4) is 0 Å². The Labute approximate surface area is 168 Å². The molecule has 0 radical (unpaired) electrons. The first-order valence-electron chi connectivity index (χ1n) is 9.37. The molecular weight excluding hydrogens is 371 g/mol. The van der Waals surface area contributed by atoms with Gasteiger partial charge in [0.05, 0.1) is 10.4 Å². The Morgan fingerprint density at radius 2 is 2.04 bits per heavy atom. The summed E-state index contributed by atoms with van der Waals surface area (Å²) in [4.78, 5) is 3.47. The standard InChI is InChI=1S/C22H21FN4S/c1-25-17-8-11-27(12-9-17)20-4-2-3-18(22(20)21-7-10-26-28-21)15-5-6-16(14-24)19(23)13-15/h2-7,10,13,17,25H,8-9,11-12H2,1H3. The van der Waals surface area contributed by atoms with Gasteiger partial charge in [0.2, 0.25) is 0 Å². The average Bonchev–Trinajstić information content (AvgIpc) is 3.28. The highest BCUT2D eigenvalue weighted by Crippen LogP contribution is 2.42. The van der Waals surface area contributed by atoms with E-state index in [9.17, 15) is 4.39 Å². The number of anilines is 1. The van der Waals surface area contributed by atoms with Gasteiger partial charge in [0.1, 0.15) is 11.9 Å². The maximum atomic E-state index is 14.3. The molecule has 0 atom stereocenters. The summed E-state index contributed by atoms with van der Waals surface area (Å²) >= 11 is 1.44. The average molecular weight is 393 g/mol. The summed E-state index contributed by atoms with van der Waals surface area (Å²) in [5, 5.41) is 12.4. The minimum atomic E-state index is -0.490. The fraction of sp³-hybridized carbons (Fsp3) is 0.273. The second-order valence-corrected chi connectivity index (χ2v) is 7.77. The molecule has 0 aliphatic carbocycles. The van der Waals surface area contributed by atoms with Crippen molar-refractivity contribution in [1.82, 2.24) is 9.69 Å². The minimum Gasteiger partial charge on any atom is -0.371 e. The third-order valence-corrected chi connectivity index (χ3v) is 6.14. The predicted molar refractivity (Wildman–Crippen MR) is 112 cm³/mol. The van der Waals surface area contributed by atoms with Crippen LogP contribution in [-0.2, 0) is 0 Å². The molecule has 4 nitrogen and oxygen atoms in total. The van der Waals surface area contributed by atoms with Crippen LogP contribution in [0.2, 0.25) is 0 Å². The molecule has 1 saturated heterocycles. The molecule has 28 heavy (non-hydrogen) atoms. The van der Waals surface area contributed by atoms with Crippen LogP contribution in [0.4, 0.5) is 10.1 Å². The highest BCUT2D eigenvalue weighted by molar-refractivity contribution is 7.09. The van der Waals surface area contributed by atoms with Crippen LogP contribution in [0.15, 0.2) is 48.7 Å². The summed E-state index contributed by atoms with van der Waals surface area (Å²) in [6.45, 7) is 1.95.